The molecule has 0 unspecified atom stereocenters. The number of urea groups is 1. The summed E-state index contributed by atoms with van der Waals surface area (Å²) in [7, 11) is -3.00. The number of amides is 2. The first-order valence-corrected chi connectivity index (χ1v) is 9.68. The molecule has 2 N–H and O–H groups in total. The van der Waals surface area contributed by atoms with Gasteiger partial charge in [0, 0.05) is 29.3 Å². The van der Waals surface area contributed by atoms with Crippen LogP contribution in [-0.2, 0) is 9.84 Å². The predicted octanol–water partition coefficient (Wildman–Crippen LogP) is 2.32. The number of rotatable bonds is 6. The zero-order valence-corrected chi connectivity index (χ0v) is 14.2. The van der Waals surface area contributed by atoms with Gasteiger partial charge in [0.05, 0.1) is 5.75 Å². The fraction of sp³-hybridized carbons (Fsp3) is 0.533. The quantitative estimate of drug-likeness (QED) is 0.831. The van der Waals surface area contributed by atoms with Gasteiger partial charge in [-0.05, 0) is 37.5 Å². The second-order valence-corrected chi connectivity index (χ2v) is 8.64. The second kappa shape index (κ2) is 6.87. The highest BCUT2D eigenvalue weighted by molar-refractivity contribution is 7.90. The van der Waals surface area contributed by atoms with Crippen LogP contribution in [0.5, 0.6) is 0 Å². The lowest BCUT2D eigenvalue weighted by atomic mass is 10.1. The molecule has 122 valence electrons. The molecule has 1 aromatic rings. The van der Waals surface area contributed by atoms with Crippen LogP contribution in [0.2, 0.25) is 5.02 Å². The topological polar surface area (TPSA) is 75.3 Å². The van der Waals surface area contributed by atoms with Crippen molar-refractivity contribution in [3.8, 4) is 0 Å². The molecule has 0 spiro atoms. The molecule has 0 bridgehead atoms. The fourth-order valence-corrected chi connectivity index (χ4v) is 3.34. The first kappa shape index (κ1) is 17.1. The average molecular weight is 345 g/mol. The third-order valence-electron chi connectivity index (χ3n) is 3.68. The minimum Gasteiger partial charge on any atom is -0.336 e. The van der Waals surface area contributed by atoms with Crippen LogP contribution in [0.15, 0.2) is 24.3 Å². The second-order valence-electron chi connectivity index (χ2n) is 5.94. The van der Waals surface area contributed by atoms with Crippen LogP contribution >= 0.6 is 11.6 Å². The Morgan fingerprint density at radius 3 is 2.82 bits per heavy atom. The molecular weight excluding hydrogens is 324 g/mol. The maximum atomic E-state index is 11.9. The van der Waals surface area contributed by atoms with Crippen LogP contribution in [0.4, 0.5) is 4.79 Å². The van der Waals surface area contributed by atoms with Crippen LogP contribution in [-0.4, -0.2) is 38.5 Å². The highest BCUT2D eigenvalue weighted by Crippen LogP contribution is 2.41. The van der Waals surface area contributed by atoms with Crippen molar-refractivity contribution in [2.75, 3.05) is 12.0 Å². The number of sulfone groups is 1. The summed E-state index contributed by atoms with van der Waals surface area (Å²) in [4.78, 5) is 11.9. The Kier molecular flexibility index (Phi) is 5.34. The molecule has 1 saturated carbocycles. The van der Waals surface area contributed by atoms with Crippen LogP contribution in [0.3, 0.4) is 0 Å². The molecule has 0 aromatic heterocycles. The summed E-state index contributed by atoms with van der Waals surface area (Å²) in [5.41, 5.74) is 1.13. The number of benzene rings is 1. The Morgan fingerprint density at radius 2 is 2.18 bits per heavy atom. The zero-order chi connectivity index (χ0) is 16.3. The Labute approximate surface area is 136 Å². The Hall–Kier alpha value is -1.27. The van der Waals surface area contributed by atoms with Crippen molar-refractivity contribution in [3.63, 3.8) is 0 Å². The van der Waals surface area contributed by atoms with Gasteiger partial charge in [-0.3, -0.25) is 0 Å². The van der Waals surface area contributed by atoms with Crippen LogP contribution in [0.25, 0.3) is 0 Å². The van der Waals surface area contributed by atoms with E-state index in [0.717, 1.165) is 12.0 Å². The van der Waals surface area contributed by atoms with Gasteiger partial charge in [0.2, 0.25) is 0 Å². The SMILES string of the molecule is C[C@H](CCS(C)(=O)=O)NC(=O)N[C@H]1C[C@H]1c1cccc(Cl)c1. The number of carbonyl (C=O) groups excluding carboxylic acids is 1. The van der Waals surface area contributed by atoms with Gasteiger partial charge in [-0.1, -0.05) is 23.7 Å². The summed E-state index contributed by atoms with van der Waals surface area (Å²) in [6.07, 6.45) is 2.50. The lowest BCUT2D eigenvalue weighted by molar-refractivity contribution is 0.237. The number of hydrogen-bond donors (Lipinski definition) is 2. The standard InChI is InChI=1S/C15H21ClN2O3S/c1-10(6-7-22(2,20)21)17-15(19)18-14-9-13(14)11-4-3-5-12(16)8-11/h3-5,8,10,13-14H,6-7,9H2,1-2H3,(H2,17,18,19)/t10-,13+,14+/m1/s1. The summed E-state index contributed by atoms with van der Waals surface area (Å²) >= 11 is 5.96. The highest BCUT2D eigenvalue weighted by Gasteiger charge is 2.39. The summed E-state index contributed by atoms with van der Waals surface area (Å²) in [5.74, 6) is 0.374. The van der Waals surface area contributed by atoms with E-state index in [1.54, 1.807) is 6.92 Å². The molecule has 5 nitrogen and oxygen atoms in total. The van der Waals surface area contributed by atoms with Crippen molar-refractivity contribution in [2.45, 2.75) is 37.8 Å². The Morgan fingerprint density at radius 1 is 1.45 bits per heavy atom. The normalized spacial score (nSPS) is 22.0. The Balaban J connectivity index is 1.75. The van der Waals surface area contributed by atoms with Gasteiger partial charge < -0.3 is 10.6 Å². The molecule has 3 atom stereocenters. The number of hydrogen-bond acceptors (Lipinski definition) is 3. The first-order valence-electron chi connectivity index (χ1n) is 7.25. The summed E-state index contributed by atoms with van der Waals surface area (Å²) in [6.45, 7) is 1.80. The molecule has 0 heterocycles. The van der Waals surface area contributed by atoms with Crippen LogP contribution in [0, 0.1) is 0 Å². The van der Waals surface area contributed by atoms with Crippen LogP contribution in [0.1, 0.15) is 31.2 Å². The minimum atomic E-state index is -3.00. The van der Waals surface area contributed by atoms with Gasteiger partial charge in [0.15, 0.2) is 0 Å². The number of nitrogens with one attached hydrogen (secondary N) is 2. The van der Waals surface area contributed by atoms with Crippen molar-refractivity contribution in [1.29, 1.82) is 0 Å². The molecule has 1 aromatic carbocycles. The van der Waals surface area contributed by atoms with E-state index < -0.39 is 9.84 Å². The van der Waals surface area contributed by atoms with E-state index in [-0.39, 0.29) is 23.9 Å². The molecule has 2 rings (SSSR count). The molecule has 1 aliphatic rings. The smallest absolute Gasteiger partial charge is 0.315 e. The minimum absolute atomic E-state index is 0.0724. The third-order valence-corrected chi connectivity index (χ3v) is 4.90. The molecule has 22 heavy (non-hydrogen) atoms. The molecule has 1 fully saturated rings. The van der Waals surface area contributed by atoms with Crippen molar-refractivity contribution in [2.24, 2.45) is 0 Å². The molecule has 0 aliphatic heterocycles. The van der Waals surface area contributed by atoms with E-state index in [4.69, 9.17) is 11.6 Å². The average Bonchev–Trinajstić information content (AvgIpc) is 3.14. The summed E-state index contributed by atoms with van der Waals surface area (Å²) in [6, 6.07) is 7.33. The molecule has 0 radical (unpaired) electrons. The molecule has 0 saturated heterocycles. The first-order chi connectivity index (χ1) is 10.2. The van der Waals surface area contributed by atoms with E-state index in [1.165, 1.54) is 6.26 Å². The number of carbonyl (C=O) groups is 1. The number of halogens is 1. The van der Waals surface area contributed by atoms with Crippen molar-refractivity contribution in [1.82, 2.24) is 10.6 Å². The van der Waals surface area contributed by atoms with E-state index in [1.807, 2.05) is 24.3 Å². The maximum absolute atomic E-state index is 11.9. The summed E-state index contributed by atoms with van der Waals surface area (Å²) in [5, 5.41) is 6.37. The van der Waals surface area contributed by atoms with E-state index in [0.29, 0.717) is 17.4 Å². The van der Waals surface area contributed by atoms with E-state index >= 15 is 0 Å². The van der Waals surface area contributed by atoms with Crippen molar-refractivity contribution in [3.05, 3.63) is 34.9 Å². The van der Waals surface area contributed by atoms with Gasteiger partial charge in [0.25, 0.3) is 0 Å². The van der Waals surface area contributed by atoms with Gasteiger partial charge in [-0.2, -0.15) is 0 Å². The predicted molar refractivity (Wildman–Crippen MR) is 88.1 cm³/mol. The van der Waals surface area contributed by atoms with Crippen LogP contribution < -0.4 is 10.6 Å². The maximum Gasteiger partial charge on any atom is 0.315 e. The Bertz CT molecular complexity index is 648. The van der Waals surface area contributed by atoms with E-state index in [9.17, 15) is 13.2 Å². The lowest BCUT2D eigenvalue weighted by Gasteiger charge is -2.14. The fourth-order valence-electron chi connectivity index (χ4n) is 2.36. The van der Waals surface area contributed by atoms with E-state index in [2.05, 4.69) is 10.6 Å². The summed E-state index contributed by atoms with van der Waals surface area (Å²) < 4.78 is 22.2. The van der Waals surface area contributed by atoms with Gasteiger partial charge in [-0.25, -0.2) is 13.2 Å². The monoisotopic (exact) mass is 344 g/mol. The van der Waals surface area contributed by atoms with Crippen molar-refractivity contribution < 1.29 is 13.2 Å². The van der Waals surface area contributed by atoms with Crippen molar-refractivity contribution >= 4 is 27.5 Å². The van der Waals surface area contributed by atoms with Gasteiger partial charge in [0.1, 0.15) is 9.84 Å². The highest BCUT2D eigenvalue weighted by atomic mass is 35.5. The van der Waals surface area contributed by atoms with Gasteiger partial charge >= 0.3 is 6.03 Å². The molecule has 2 amide bonds. The molecule has 7 heteroatoms. The molecule has 1 aliphatic carbocycles. The molecular formula is C15H21ClN2O3S. The lowest BCUT2D eigenvalue weighted by Crippen LogP contribution is -2.42. The largest absolute Gasteiger partial charge is 0.336 e. The zero-order valence-electron chi connectivity index (χ0n) is 12.7. The van der Waals surface area contributed by atoms with Gasteiger partial charge in [-0.15, -0.1) is 0 Å². The third kappa shape index (κ3) is 5.50.